The molecule has 0 aliphatic rings. The van der Waals surface area contributed by atoms with E-state index in [9.17, 15) is 14.4 Å². The summed E-state index contributed by atoms with van der Waals surface area (Å²) in [5, 5.41) is 4.48. The van der Waals surface area contributed by atoms with Crippen LogP contribution in [0.1, 0.15) is 24.2 Å². The first-order valence-corrected chi connectivity index (χ1v) is 7.34. The highest BCUT2D eigenvalue weighted by atomic mass is 35.5. The highest BCUT2D eigenvalue weighted by Crippen LogP contribution is 2.32. The van der Waals surface area contributed by atoms with E-state index in [0.717, 1.165) is 0 Å². The van der Waals surface area contributed by atoms with Crippen LogP contribution in [0, 0.1) is 0 Å². The zero-order valence-corrected chi connectivity index (χ0v) is 14.0. The molecular weight excluding hydrogens is 355 g/mol. The van der Waals surface area contributed by atoms with E-state index in [-0.39, 0.29) is 20.6 Å². The maximum absolute atomic E-state index is 12.0. The molecule has 0 saturated carbocycles. The number of urea groups is 1. The number of amides is 3. The molecule has 3 amide bonds. The SMILES string of the molecule is CCNC(=O)NC(=O)C(C)OC(=O)c1c(Cl)ccc(Cl)c1Cl. The fourth-order valence-electron chi connectivity index (χ4n) is 1.41. The quantitative estimate of drug-likeness (QED) is 0.633. The molecule has 1 aromatic rings. The van der Waals surface area contributed by atoms with Gasteiger partial charge in [0.05, 0.1) is 20.6 Å². The van der Waals surface area contributed by atoms with Crippen LogP contribution in [0.2, 0.25) is 15.1 Å². The first-order chi connectivity index (χ1) is 10.3. The summed E-state index contributed by atoms with van der Waals surface area (Å²) in [6.07, 6.45) is -1.22. The van der Waals surface area contributed by atoms with Gasteiger partial charge in [0.25, 0.3) is 5.91 Å². The molecule has 0 spiro atoms. The topological polar surface area (TPSA) is 84.5 Å². The normalized spacial score (nSPS) is 11.5. The van der Waals surface area contributed by atoms with Crippen LogP contribution in [0.15, 0.2) is 12.1 Å². The molecule has 0 saturated heterocycles. The Hall–Kier alpha value is -1.50. The van der Waals surface area contributed by atoms with Gasteiger partial charge in [-0.1, -0.05) is 34.8 Å². The van der Waals surface area contributed by atoms with Gasteiger partial charge >= 0.3 is 12.0 Å². The Labute approximate surface area is 142 Å². The Kier molecular flexibility index (Phi) is 6.93. The summed E-state index contributed by atoms with van der Waals surface area (Å²) in [7, 11) is 0. The van der Waals surface area contributed by atoms with E-state index in [0.29, 0.717) is 6.54 Å². The standard InChI is InChI=1S/C13H13Cl3N2O4/c1-3-17-13(21)18-11(19)6(2)22-12(20)9-7(14)4-5-8(15)10(9)16/h4-6H,3H2,1-2H3,(H2,17,18,19,21). The summed E-state index contributed by atoms with van der Waals surface area (Å²) in [6, 6.07) is 2.12. The molecule has 0 radical (unpaired) electrons. The second kappa shape index (κ2) is 8.22. The third-order valence-corrected chi connectivity index (χ3v) is 3.59. The molecule has 22 heavy (non-hydrogen) atoms. The average molecular weight is 368 g/mol. The fourth-order valence-corrected chi connectivity index (χ4v) is 2.09. The highest BCUT2D eigenvalue weighted by molar-refractivity contribution is 6.46. The monoisotopic (exact) mass is 366 g/mol. The number of ether oxygens (including phenoxy) is 1. The van der Waals surface area contributed by atoms with Crippen molar-refractivity contribution >= 4 is 52.7 Å². The van der Waals surface area contributed by atoms with E-state index >= 15 is 0 Å². The van der Waals surface area contributed by atoms with Crippen LogP contribution in [0.25, 0.3) is 0 Å². The lowest BCUT2D eigenvalue weighted by atomic mass is 10.2. The highest BCUT2D eigenvalue weighted by Gasteiger charge is 2.24. The van der Waals surface area contributed by atoms with E-state index in [2.05, 4.69) is 5.32 Å². The molecule has 1 rings (SSSR count). The van der Waals surface area contributed by atoms with E-state index in [1.165, 1.54) is 19.1 Å². The second-order valence-electron chi connectivity index (χ2n) is 4.11. The molecule has 0 aliphatic carbocycles. The minimum atomic E-state index is -1.22. The number of imide groups is 1. The van der Waals surface area contributed by atoms with Gasteiger partial charge in [0, 0.05) is 6.54 Å². The summed E-state index contributed by atoms with van der Waals surface area (Å²) in [5.41, 5.74) is -0.145. The lowest BCUT2D eigenvalue weighted by Crippen LogP contribution is -2.44. The van der Waals surface area contributed by atoms with Crippen LogP contribution in [-0.4, -0.2) is 30.6 Å². The number of carbonyl (C=O) groups is 3. The molecule has 0 fully saturated rings. The van der Waals surface area contributed by atoms with Crippen LogP contribution in [0.4, 0.5) is 4.79 Å². The second-order valence-corrected chi connectivity index (χ2v) is 5.31. The lowest BCUT2D eigenvalue weighted by molar-refractivity contribution is -0.127. The smallest absolute Gasteiger partial charge is 0.342 e. The Morgan fingerprint density at radius 3 is 2.36 bits per heavy atom. The largest absolute Gasteiger partial charge is 0.449 e. The van der Waals surface area contributed by atoms with Gasteiger partial charge in [0.1, 0.15) is 0 Å². The van der Waals surface area contributed by atoms with Gasteiger partial charge in [0.2, 0.25) is 0 Å². The van der Waals surface area contributed by atoms with Crippen LogP contribution in [0.5, 0.6) is 0 Å². The molecule has 1 atom stereocenters. The van der Waals surface area contributed by atoms with Crippen molar-refractivity contribution in [2.75, 3.05) is 6.54 Å². The van der Waals surface area contributed by atoms with Crippen molar-refractivity contribution in [3.8, 4) is 0 Å². The number of carbonyl (C=O) groups excluding carboxylic acids is 3. The van der Waals surface area contributed by atoms with Crippen LogP contribution < -0.4 is 10.6 Å². The molecule has 6 nitrogen and oxygen atoms in total. The molecule has 9 heteroatoms. The zero-order valence-electron chi connectivity index (χ0n) is 11.7. The number of hydrogen-bond acceptors (Lipinski definition) is 4. The zero-order chi connectivity index (χ0) is 16.9. The summed E-state index contributed by atoms with van der Waals surface area (Å²) in [6.45, 7) is 3.34. The molecule has 0 aliphatic heterocycles. The number of benzene rings is 1. The predicted molar refractivity (Wildman–Crippen MR) is 83.6 cm³/mol. The van der Waals surface area contributed by atoms with Crippen molar-refractivity contribution in [1.82, 2.24) is 10.6 Å². The van der Waals surface area contributed by atoms with Gasteiger partial charge in [-0.05, 0) is 26.0 Å². The maximum atomic E-state index is 12.0. The third kappa shape index (κ3) is 4.76. The van der Waals surface area contributed by atoms with Gasteiger partial charge in [-0.15, -0.1) is 0 Å². The van der Waals surface area contributed by atoms with Crippen molar-refractivity contribution in [2.45, 2.75) is 20.0 Å². The number of rotatable bonds is 4. The summed E-state index contributed by atoms with van der Waals surface area (Å²) >= 11 is 17.6. The number of halogens is 3. The van der Waals surface area contributed by atoms with Gasteiger partial charge in [0.15, 0.2) is 6.10 Å². The Morgan fingerprint density at radius 2 is 1.77 bits per heavy atom. The van der Waals surface area contributed by atoms with Crippen LogP contribution >= 0.6 is 34.8 Å². The number of esters is 1. The van der Waals surface area contributed by atoms with Gasteiger partial charge in [-0.2, -0.15) is 0 Å². The Balaban J connectivity index is 2.79. The third-order valence-electron chi connectivity index (χ3n) is 2.48. The minimum Gasteiger partial charge on any atom is -0.449 e. The molecular formula is C13H13Cl3N2O4. The van der Waals surface area contributed by atoms with Crippen LogP contribution in [0.3, 0.4) is 0 Å². The molecule has 120 valence electrons. The van der Waals surface area contributed by atoms with Crippen molar-refractivity contribution in [2.24, 2.45) is 0 Å². The van der Waals surface area contributed by atoms with Crippen molar-refractivity contribution < 1.29 is 19.1 Å². The first kappa shape index (κ1) is 18.5. The molecule has 0 heterocycles. The molecule has 0 aromatic heterocycles. The molecule has 1 aromatic carbocycles. The van der Waals surface area contributed by atoms with Crippen molar-refractivity contribution in [3.63, 3.8) is 0 Å². The number of nitrogens with one attached hydrogen (secondary N) is 2. The molecule has 1 unspecified atom stereocenters. The predicted octanol–water partition coefficient (Wildman–Crippen LogP) is 3.04. The summed E-state index contributed by atoms with van der Waals surface area (Å²) in [4.78, 5) is 34.9. The molecule has 2 N–H and O–H groups in total. The van der Waals surface area contributed by atoms with E-state index in [1.807, 2.05) is 5.32 Å². The van der Waals surface area contributed by atoms with Gasteiger partial charge in [-0.3, -0.25) is 10.1 Å². The van der Waals surface area contributed by atoms with Crippen molar-refractivity contribution in [3.05, 3.63) is 32.8 Å². The van der Waals surface area contributed by atoms with E-state index in [1.54, 1.807) is 6.92 Å². The first-order valence-electron chi connectivity index (χ1n) is 6.21. The van der Waals surface area contributed by atoms with Gasteiger partial charge < -0.3 is 10.1 Å². The summed E-state index contributed by atoms with van der Waals surface area (Å²) in [5.74, 6) is -1.70. The maximum Gasteiger partial charge on any atom is 0.342 e. The van der Waals surface area contributed by atoms with Crippen LogP contribution in [-0.2, 0) is 9.53 Å². The van der Waals surface area contributed by atoms with Crippen molar-refractivity contribution in [1.29, 1.82) is 0 Å². The van der Waals surface area contributed by atoms with Gasteiger partial charge in [-0.25, -0.2) is 9.59 Å². The van der Waals surface area contributed by atoms with E-state index in [4.69, 9.17) is 39.5 Å². The average Bonchev–Trinajstić information content (AvgIpc) is 2.43. The lowest BCUT2D eigenvalue weighted by Gasteiger charge is -2.14. The minimum absolute atomic E-state index is 0.0377. The number of hydrogen-bond donors (Lipinski definition) is 2. The Morgan fingerprint density at radius 1 is 1.18 bits per heavy atom. The molecule has 0 bridgehead atoms. The van der Waals surface area contributed by atoms with E-state index < -0.39 is 24.0 Å². The Bertz CT molecular complexity index is 607. The summed E-state index contributed by atoms with van der Waals surface area (Å²) < 4.78 is 4.94. The fraction of sp³-hybridized carbons (Fsp3) is 0.308.